The molecule has 130 valence electrons. The highest BCUT2D eigenvalue weighted by Crippen LogP contribution is 2.31. The fraction of sp³-hybridized carbons (Fsp3) is 0.562. The molecule has 1 aliphatic rings. The van der Waals surface area contributed by atoms with E-state index in [0.29, 0.717) is 23.0 Å². The van der Waals surface area contributed by atoms with E-state index in [0.717, 1.165) is 19.5 Å². The fourth-order valence-electron chi connectivity index (χ4n) is 2.74. The van der Waals surface area contributed by atoms with Gasteiger partial charge in [0, 0.05) is 11.6 Å². The quantitative estimate of drug-likeness (QED) is 0.845. The summed E-state index contributed by atoms with van der Waals surface area (Å²) in [4.78, 5) is 14.7. The van der Waals surface area contributed by atoms with E-state index < -0.39 is 0 Å². The first-order valence-corrected chi connectivity index (χ1v) is 7.85. The van der Waals surface area contributed by atoms with Crippen LogP contribution in [0.2, 0.25) is 5.02 Å². The standard InChI is InChI=1S/C16H24ClN3O2.ClH/c1-11(20-7-6-16(2,9-18)10-20)15(21)19-13-8-12(17)4-5-14(13)22-3;/h4-5,8,11H,6-7,9-10,18H2,1-3H3,(H,19,21);1H. The van der Waals surface area contributed by atoms with Gasteiger partial charge in [-0.3, -0.25) is 9.69 Å². The monoisotopic (exact) mass is 361 g/mol. The third-order valence-electron chi connectivity index (χ3n) is 4.43. The smallest absolute Gasteiger partial charge is 0.241 e. The number of methoxy groups -OCH3 is 1. The van der Waals surface area contributed by atoms with Crippen molar-refractivity contribution in [1.82, 2.24) is 4.90 Å². The van der Waals surface area contributed by atoms with E-state index in [1.165, 1.54) is 0 Å². The summed E-state index contributed by atoms with van der Waals surface area (Å²) < 4.78 is 5.25. The van der Waals surface area contributed by atoms with Crippen LogP contribution in [0.3, 0.4) is 0 Å². The van der Waals surface area contributed by atoms with Gasteiger partial charge in [0.05, 0.1) is 18.8 Å². The van der Waals surface area contributed by atoms with Crippen molar-refractivity contribution >= 4 is 35.6 Å². The minimum Gasteiger partial charge on any atom is -0.495 e. The molecule has 2 atom stereocenters. The van der Waals surface area contributed by atoms with Crippen LogP contribution in [0.25, 0.3) is 0 Å². The highest BCUT2D eigenvalue weighted by Gasteiger charge is 2.36. The molecule has 0 aliphatic carbocycles. The van der Waals surface area contributed by atoms with Crippen LogP contribution in [0.15, 0.2) is 18.2 Å². The number of anilines is 1. The van der Waals surface area contributed by atoms with Crippen molar-refractivity contribution in [1.29, 1.82) is 0 Å². The van der Waals surface area contributed by atoms with Crippen molar-refractivity contribution in [3.63, 3.8) is 0 Å². The highest BCUT2D eigenvalue weighted by atomic mass is 35.5. The second-order valence-electron chi connectivity index (χ2n) is 6.25. The molecule has 1 aliphatic heterocycles. The maximum Gasteiger partial charge on any atom is 0.241 e. The number of amides is 1. The van der Waals surface area contributed by atoms with Crippen molar-refractivity contribution in [3.8, 4) is 5.75 Å². The number of carbonyl (C=O) groups excluding carboxylic acids is 1. The molecular weight excluding hydrogens is 337 g/mol. The number of likely N-dealkylation sites (tertiary alicyclic amines) is 1. The van der Waals surface area contributed by atoms with Crippen LogP contribution in [0, 0.1) is 5.41 Å². The van der Waals surface area contributed by atoms with Gasteiger partial charge in [0.25, 0.3) is 0 Å². The number of nitrogens with zero attached hydrogens (tertiary/aromatic N) is 1. The summed E-state index contributed by atoms with van der Waals surface area (Å²) in [5, 5.41) is 3.46. The number of ether oxygens (including phenoxy) is 1. The first-order valence-electron chi connectivity index (χ1n) is 7.47. The topological polar surface area (TPSA) is 67.6 Å². The molecule has 0 spiro atoms. The van der Waals surface area contributed by atoms with Crippen LogP contribution in [0.5, 0.6) is 5.75 Å². The van der Waals surface area contributed by atoms with Crippen LogP contribution in [0.4, 0.5) is 5.69 Å². The normalized spacial score (nSPS) is 22.3. The largest absolute Gasteiger partial charge is 0.495 e. The Kier molecular flexibility index (Phi) is 7.14. The zero-order valence-corrected chi connectivity index (χ0v) is 15.3. The van der Waals surface area contributed by atoms with E-state index in [9.17, 15) is 4.79 Å². The van der Waals surface area contributed by atoms with E-state index >= 15 is 0 Å². The zero-order chi connectivity index (χ0) is 16.3. The zero-order valence-electron chi connectivity index (χ0n) is 13.8. The Hall–Kier alpha value is -1.01. The summed E-state index contributed by atoms with van der Waals surface area (Å²) in [7, 11) is 1.56. The first-order chi connectivity index (χ1) is 10.4. The molecule has 1 heterocycles. The molecule has 5 nitrogen and oxygen atoms in total. The number of halogens is 2. The summed E-state index contributed by atoms with van der Waals surface area (Å²) in [5.41, 5.74) is 6.52. The van der Waals surface area contributed by atoms with Gasteiger partial charge in [-0.1, -0.05) is 18.5 Å². The molecule has 7 heteroatoms. The molecule has 1 amide bonds. The number of nitrogens with one attached hydrogen (secondary N) is 1. The van der Waals surface area contributed by atoms with Crippen molar-refractivity contribution in [2.24, 2.45) is 11.1 Å². The lowest BCUT2D eigenvalue weighted by Gasteiger charge is -2.26. The van der Waals surface area contributed by atoms with Crippen LogP contribution in [-0.4, -0.2) is 43.6 Å². The van der Waals surface area contributed by atoms with E-state index in [2.05, 4.69) is 17.1 Å². The van der Waals surface area contributed by atoms with E-state index in [1.807, 2.05) is 6.92 Å². The van der Waals surface area contributed by atoms with Gasteiger partial charge in [0.1, 0.15) is 5.75 Å². The van der Waals surface area contributed by atoms with Crippen LogP contribution < -0.4 is 15.8 Å². The van der Waals surface area contributed by atoms with Crippen molar-refractivity contribution in [2.45, 2.75) is 26.3 Å². The van der Waals surface area contributed by atoms with Crippen LogP contribution in [-0.2, 0) is 4.79 Å². The molecule has 2 rings (SSSR count). The Morgan fingerprint density at radius 2 is 2.26 bits per heavy atom. The van der Waals surface area contributed by atoms with Gasteiger partial charge in [-0.25, -0.2) is 0 Å². The Morgan fingerprint density at radius 1 is 1.57 bits per heavy atom. The molecule has 0 radical (unpaired) electrons. The molecule has 0 bridgehead atoms. The maximum atomic E-state index is 12.5. The lowest BCUT2D eigenvalue weighted by atomic mass is 9.90. The SMILES string of the molecule is COc1ccc(Cl)cc1NC(=O)C(C)N1CCC(C)(CN)C1.Cl. The predicted molar refractivity (Wildman–Crippen MR) is 96.7 cm³/mol. The average molecular weight is 362 g/mol. The lowest BCUT2D eigenvalue weighted by Crippen LogP contribution is -2.42. The molecule has 23 heavy (non-hydrogen) atoms. The van der Waals surface area contributed by atoms with Gasteiger partial charge < -0.3 is 15.8 Å². The van der Waals surface area contributed by atoms with Gasteiger partial charge in [0.15, 0.2) is 0 Å². The molecule has 3 N–H and O–H groups in total. The number of benzene rings is 1. The Morgan fingerprint density at radius 3 is 2.83 bits per heavy atom. The Balaban J connectivity index is 0.00000264. The number of rotatable bonds is 5. The highest BCUT2D eigenvalue weighted by molar-refractivity contribution is 6.31. The van der Waals surface area contributed by atoms with Crippen molar-refractivity contribution in [3.05, 3.63) is 23.2 Å². The van der Waals surface area contributed by atoms with Gasteiger partial charge in [0.2, 0.25) is 5.91 Å². The molecule has 2 unspecified atom stereocenters. The summed E-state index contributed by atoms with van der Waals surface area (Å²) in [6, 6.07) is 4.94. The summed E-state index contributed by atoms with van der Waals surface area (Å²) in [6.07, 6.45) is 1.02. The molecule has 0 aromatic heterocycles. The number of carbonyl (C=O) groups is 1. The summed E-state index contributed by atoms with van der Waals surface area (Å²) >= 11 is 5.99. The number of hydrogen-bond acceptors (Lipinski definition) is 4. The lowest BCUT2D eigenvalue weighted by molar-refractivity contribution is -0.120. The summed E-state index contributed by atoms with van der Waals surface area (Å²) in [6.45, 7) is 6.44. The average Bonchev–Trinajstić information content (AvgIpc) is 2.90. The minimum absolute atomic E-state index is 0. The maximum absolute atomic E-state index is 12.5. The molecule has 0 saturated carbocycles. The van der Waals surface area contributed by atoms with Crippen molar-refractivity contribution in [2.75, 3.05) is 32.1 Å². The second-order valence-corrected chi connectivity index (χ2v) is 6.68. The van der Waals surface area contributed by atoms with Crippen LogP contribution in [0.1, 0.15) is 20.3 Å². The number of hydrogen-bond donors (Lipinski definition) is 2. The molecule has 1 saturated heterocycles. The molecule has 1 aromatic rings. The summed E-state index contributed by atoms with van der Waals surface area (Å²) in [5.74, 6) is 0.528. The third kappa shape index (κ3) is 4.73. The van der Waals surface area contributed by atoms with Gasteiger partial charge in [-0.05, 0) is 50.0 Å². The minimum atomic E-state index is -0.225. The van der Waals surface area contributed by atoms with E-state index in [-0.39, 0.29) is 29.8 Å². The van der Waals surface area contributed by atoms with E-state index in [4.69, 9.17) is 22.1 Å². The Labute approximate surface area is 148 Å². The molecular formula is C16H25Cl2N3O2. The fourth-order valence-corrected chi connectivity index (χ4v) is 2.91. The second kappa shape index (κ2) is 8.20. The van der Waals surface area contributed by atoms with Gasteiger partial charge >= 0.3 is 0 Å². The number of nitrogens with two attached hydrogens (primary N) is 1. The predicted octanol–water partition coefficient (Wildman–Crippen LogP) is 2.77. The molecule has 1 aromatic carbocycles. The van der Waals surface area contributed by atoms with E-state index in [1.54, 1.807) is 25.3 Å². The van der Waals surface area contributed by atoms with Gasteiger partial charge in [-0.15, -0.1) is 12.4 Å². The first kappa shape index (κ1) is 20.0. The van der Waals surface area contributed by atoms with Crippen LogP contribution >= 0.6 is 24.0 Å². The molecule has 1 fully saturated rings. The third-order valence-corrected chi connectivity index (χ3v) is 4.66. The Bertz CT molecular complexity index is 556. The van der Waals surface area contributed by atoms with Gasteiger partial charge in [-0.2, -0.15) is 0 Å². The van der Waals surface area contributed by atoms with Crippen molar-refractivity contribution < 1.29 is 9.53 Å².